The van der Waals surface area contributed by atoms with Gasteiger partial charge in [0.15, 0.2) is 0 Å². The molecule has 4 nitrogen and oxygen atoms in total. The molecule has 1 aromatic rings. The van der Waals surface area contributed by atoms with Crippen LogP contribution in [0.2, 0.25) is 0 Å². The molecule has 0 saturated carbocycles. The highest BCUT2D eigenvalue weighted by Crippen LogP contribution is 2.11. The molecule has 3 N–H and O–H groups in total. The molecule has 1 amide bonds. The summed E-state index contributed by atoms with van der Waals surface area (Å²) in [7, 11) is 1.96. The second-order valence-corrected chi connectivity index (χ2v) is 6.06. The predicted molar refractivity (Wildman–Crippen MR) is 84.3 cm³/mol. The summed E-state index contributed by atoms with van der Waals surface area (Å²) in [6, 6.07) is 7.58. The van der Waals surface area contributed by atoms with Gasteiger partial charge in [0.2, 0.25) is 5.91 Å². The van der Waals surface area contributed by atoms with Crippen LogP contribution in [0.5, 0.6) is 0 Å². The van der Waals surface area contributed by atoms with Gasteiger partial charge < -0.3 is 11.1 Å². The van der Waals surface area contributed by atoms with Crippen molar-refractivity contribution in [2.75, 3.05) is 12.8 Å². The Hall–Kier alpha value is -1.55. The maximum absolute atomic E-state index is 12.2. The van der Waals surface area contributed by atoms with E-state index in [1.165, 1.54) is 0 Å². The number of rotatable bonds is 6. The van der Waals surface area contributed by atoms with Gasteiger partial charge >= 0.3 is 0 Å². The Morgan fingerprint density at radius 1 is 1.35 bits per heavy atom. The summed E-state index contributed by atoms with van der Waals surface area (Å²) in [4.78, 5) is 14.3. The van der Waals surface area contributed by atoms with Gasteiger partial charge in [-0.2, -0.15) is 0 Å². The van der Waals surface area contributed by atoms with Crippen molar-refractivity contribution in [2.45, 2.75) is 52.2 Å². The third-order valence-corrected chi connectivity index (χ3v) is 3.80. The first-order valence-corrected chi connectivity index (χ1v) is 7.12. The van der Waals surface area contributed by atoms with Crippen LogP contribution in [0.3, 0.4) is 0 Å². The molecule has 0 aliphatic heterocycles. The standard InChI is InChI=1S/C16H27N3O/c1-6-16(3,4)18-15(20)12(2)19(5)11-13-7-9-14(17)10-8-13/h7-10,12H,6,11,17H2,1-5H3,(H,18,20). The lowest BCUT2D eigenvalue weighted by Crippen LogP contribution is -2.50. The number of nitrogens with zero attached hydrogens (tertiary/aromatic N) is 1. The van der Waals surface area contributed by atoms with Crippen molar-refractivity contribution in [2.24, 2.45) is 0 Å². The minimum atomic E-state index is -0.168. The van der Waals surface area contributed by atoms with Gasteiger partial charge in [0.05, 0.1) is 6.04 Å². The fraction of sp³-hybridized carbons (Fsp3) is 0.562. The Labute approximate surface area is 122 Å². The van der Waals surface area contributed by atoms with Gasteiger partial charge in [-0.1, -0.05) is 19.1 Å². The SMILES string of the molecule is CCC(C)(C)NC(=O)C(C)N(C)Cc1ccc(N)cc1. The Bertz CT molecular complexity index is 440. The van der Waals surface area contributed by atoms with Crippen LogP contribution in [0.1, 0.15) is 39.7 Å². The number of nitrogens with two attached hydrogens (primary N) is 1. The van der Waals surface area contributed by atoms with Gasteiger partial charge in [0.25, 0.3) is 0 Å². The van der Waals surface area contributed by atoms with E-state index >= 15 is 0 Å². The number of anilines is 1. The summed E-state index contributed by atoms with van der Waals surface area (Å²) in [5, 5.41) is 3.08. The normalized spacial score (nSPS) is 13.3. The molecular formula is C16H27N3O. The first-order chi connectivity index (χ1) is 9.25. The zero-order valence-electron chi connectivity index (χ0n) is 13.2. The Balaban J connectivity index is 2.60. The van der Waals surface area contributed by atoms with Gasteiger partial charge in [-0.3, -0.25) is 9.69 Å². The van der Waals surface area contributed by atoms with Gasteiger partial charge in [-0.15, -0.1) is 0 Å². The fourth-order valence-electron chi connectivity index (χ4n) is 1.77. The van der Waals surface area contributed by atoms with Crippen LogP contribution in [0.4, 0.5) is 5.69 Å². The van der Waals surface area contributed by atoms with E-state index in [1.807, 2.05) is 57.0 Å². The second-order valence-electron chi connectivity index (χ2n) is 6.06. The third kappa shape index (κ3) is 4.85. The van der Waals surface area contributed by atoms with E-state index in [-0.39, 0.29) is 17.5 Å². The number of nitrogen functional groups attached to an aromatic ring is 1. The van der Waals surface area contributed by atoms with E-state index in [0.29, 0.717) is 0 Å². The molecule has 0 aromatic heterocycles. The van der Waals surface area contributed by atoms with Crippen molar-refractivity contribution >= 4 is 11.6 Å². The summed E-state index contributed by atoms with van der Waals surface area (Å²) in [5.41, 5.74) is 7.42. The number of likely N-dealkylation sites (N-methyl/N-ethyl adjacent to an activating group) is 1. The largest absolute Gasteiger partial charge is 0.399 e. The Morgan fingerprint density at radius 2 is 1.90 bits per heavy atom. The highest BCUT2D eigenvalue weighted by Gasteiger charge is 2.24. The second kappa shape index (κ2) is 6.75. The van der Waals surface area contributed by atoms with Crippen LogP contribution in [0.15, 0.2) is 24.3 Å². The van der Waals surface area contributed by atoms with Crippen molar-refractivity contribution in [1.82, 2.24) is 10.2 Å². The molecule has 4 heteroatoms. The van der Waals surface area contributed by atoms with E-state index in [2.05, 4.69) is 12.2 Å². The fourth-order valence-corrected chi connectivity index (χ4v) is 1.77. The molecule has 20 heavy (non-hydrogen) atoms. The minimum absolute atomic E-state index is 0.0646. The lowest BCUT2D eigenvalue weighted by molar-refractivity contribution is -0.127. The van der Waals surface area contributed by atoms with Gasteiger partial charge in [0, 0.05) is 17.8 Å². The molecule has 112 valence electrons. The van der Waals surface area contributed by atoms with Gasteiger partial charge in [-0.25, -0.2) is 0 Å². The van der Waals surface area contributed by atoms with Crippen LogP contribution < -0.4 is 11.1 Å². The van der Waals surface area contributed by atoms with Crippen molar-refractivity contribution in [1.29, 1.82) is 0 Å². The maximum atomic E-state index is 12.2. The summed E-state index contributed by atoms with van der Waals surface area (Å²) < 4.78 is 0. The van der Waals surface area contributed by atoms with Crippen LogP contribution in [-0.2, 0) is 11.3 Å². The molecule has 0 aliphatic rings. The quantitative estimate of drug-likeness (QED) is 0.785. The molecule has 0 fully saturated rings. The molecule has 0 bridgehead atoms. The van der Waals surface area contributed by atoms with Crippen molar-refractivity contribution < 1.29 is 4.79 Å². The van der Waals surface area contributed by atoms with Crippen LogP contribution in [0, 0.1) is 0 Å². The number of hydrogen-bond acceptors (Lipinski definition) is 3. The number of benzene rings is 1. The molecule has 0 aliphatic carbocycles. The molecule has 0 saturated heterocycles. The van der Waals surface area contributed by atoms with Crippen molar-refractivity contribution in [3.63, 3.8) is 0 Å². The summed E-state index contributed by atoms with van der Waals surface area (Å²) in [5.74, 6) is 0.0646. The van der Waals surface area contributed by atoms with Crippen molar-refractivity contribution in [3.8, 4) is 0 Å². The number of hydrogen-bond donors (Lipinski definition) is 2. The highest BCUT2D eigenvalue weighted by molar-refractivity contribution is 5.81. The summed E-state index contributed by atoms with van der Waals surface area (Å²) >= 11 is 0. The predicted octanol–water partition coefficient (Wildman–Crippen LogP) is 2.39. The van der Waals surface area contributed by atoms with E-state index in [1.54, 1.807) is 0 Å². The zero-order chi connectivity index (χ0) is 15.3. The molecule has 1 unspecified atom stereocenters. The molecule has 1 aromatic carbocycles. The van der Waals surface area contributed by atoms with Crippen molar-refractivity contribution in [3.05, 3.63) is 29.8 Å². The average Bonchev–Trinajstić information content (AvgIpc) is 2.40. The smallest absolute Gasteiger partial charge is 0.237 e. The van der Waals surface area contributed by atoms with Gasteiger partial charge in [0.1, 0.15) is 0 Å². The van der Waals surface area contributed by atoms with Gasteiger partial charge in [-0.05, 0) is 51.9 Å². The molecule has 0 heterocycles. The van der Waals surface area contributed by atoms with E-state index in [0.717, 1.165) is 24.2 Å². The van der Waals surface area contributed by atoms with E-state index < -0.39 is 0 Å². The first-order valence-electron chi connectivity index (χ1n) is 7.12. The number of carbonyl (C=O) groups excluding carboxylic acids is 1. The third-order valence-electron chi connectivity index (χ3n) is 3.80. The monoisotopic (exact) mass is 277 g/mol. The van der Waals surface area contributed by atoms with E-state index in [4.69, 9.17) is 5.73 Å². The zero-order valence-corrected chi connectivity index (χ0v) is 13.2. The molecule has 0 spiro atoms. The van der Waals surface area contributed by atoms with E-state index in [9.17, 15) is 4.79 Å². The first kappa shape index (κ1) is 16.5. The number of nitrogens with one attached hydrogen (secondary N) is 1. The number of amides is 1. The summed E-state index contributed by atoms with van der Waals surface area (Å²) in [6.45, 7) is 8.80. The molecule has 1 atom stereocenters. The maximum Gasteiger partial charge on any atom is 0.237 e. The average molecular weight is 277 g/mol. The lowest BCUT2D eigenvalue weighted by Gasteiger charge is -2.30. The molecule has 1 rings (SSSR count). The minimum Gasteiger partial charge on any atom is -0.399 e. The van der Waals surface area contributed by atoms with Crippen LogP contribution in [-0.4, -0.2) is 29.4 Å². The highest BCUT2D eigenvalue weighted by atomic mass is 16.2. The Kier molecular flexibility index (Phi) is 5.57. The summed E-state index contributed by atoms with van der Waals surface area (Å²) in [6.07, 6.45) is 0.910. The lowest BCUT2D eigenvalue weighted by atomic mass is 10.0. The van der Waals surface area contributed by atoms with Crippen LogP contribution >= 0.6 is 0 Å². The van der Waals surface area contributed by atoms with Crippen LogP contribution in [0.25, 0.3) is 0 Å². The molecule has 0 radical (unpaired) electrons. The Morgan fingerprint density at radius 3 is 2.40 bits per heavy atom. The topological polar surface area (TPSA) is 58.4 Å². The number of carbonyl (C=O) groups is 1. The molecular weight excluding hydrogens is 250 g/mol.